The van der Waals surface area contributed by atoms with Gasteiger partial charge in [0.25, 0.3) is 0 Å². The van der Waals surface area contributed by atoms with Crippen LogP contribution in [0.4, 0.5) is 5.69 Å². The van der Waals surface area contributed by atoms with E-state index in [0.717, 1.165) is 49.2 Å². The Morgan fingerprint density at radius 3 is 2.88 bits per heavy atom. The third-order valence-corrected chi connectivity index (χ3v) is 4.58. The van der Waals surface area contributed by atoms with E-state index < -0.39 is 0 Å². The average molecular weight is 346 g/mol. The van der Waals surface area contributed by atoms with Gasteiger partial charge < -0.3 is 25.0 Å². The Balaban J connectivity index is 1.64. The number of rotatable bonds is 4. The fourth-order valence-corrected chi connectivity index (χ4v) is 3.33. The normalized spacial score (nSPS) is 21.5. The first-order chi connectivity index (χ1) is 12.2. The van der Waals surface area contributed by atoms with E-state index >= 15 is 0 Å². The SMILES string of the molecule is CCNC(=NCC1CCCN(C)C1)Nc1ccc2c(c1)OCCCO2. The number of nitrogens with zero attached hydrogens (tertiary/aromatic N) is 2. The predicted molar refractivity (Wildman–Crippen MR) is 102 cm³/mol. The van der Waals surface area contributed by atoms with E-state index in [0.29, 0.717) is 19.1 Å². The van der Waals surface area contributed by atoms with Gasteiger partial charge in [-0.05, 0) is 51.4 Å². The lowest BCUT2D eigenvalue weighted by molar-refractivity contribution is 0.214. The number of ether oxygens (including phenoxy) is 2. The Hall–Kier alpha value is -1.95. The van der Waals surface area contributed by atoms with Crippen molar-refractivity contribution in [1.29, 1.82) is 0 Å². The van der Waals surface area contributed by atoms with Gasteiger partial charge in [-0.15, -0.1) is 0 Å². The first-order valence-corrected chi connectivity index (χ1v) is 9.38. The Morgan fingerprint density at radius 2 is 2.08 bits per heavy atom. The molecule has 2 aliphatic rings. The number of likely N-dealkylation sites (tertiary alicyclic amines) is 1. The summed E-state index contributed by atoms with van der Waals surface area (Å²) in [7, 11) is 2.19. The highest BCUT2D eigenvalue weighted by Crippen LogP contribution is 2.32. The summed E-state index contributed by atoms with van der Waals surface area (Å²) >= 11 is 0. The summed E-state index contributed by atoms with van der Waals surface area (Å²) in [5, 5.41) is 6.72. The van der Waals surface area contributed by atoms with Gasteiger partial charge in [-0.2, -0.15) is 0 Å². The molecule has 0 bridgehead atoms. The fraction of sp³-hybridized carbons (Fsp3) is 0.632. The van der Waals surface area contributed by atoms with Crippen molar-refractivity contribution in [1.82, 2.24) is 10.2 Å². The molecule has 6 nitrogen and oxygen atoms in total. The van der Waals surface area contributed by atoms with Gasteiger partial charge in [0.2, 0.25) is 0 Å². The zero-order valence-electron chi connectivity index (χ0n) is 15.4. The number of aliphatic imine (C=N–C) groups is 1. The number of nitrogens with one attached hydrogen (secondary N) is 2. The van der Waals surface area contributed by atoms with E-state index in [1.165, 1.54) is 19.4 Å². The first-order valence-electron chi connectivity index (χ1n) is 9.38. The summed E-state index contributed by atoms with van der Waals surface area (Å²) in [5.74, 6) is 3.07. The largest absolute Gasteiger partial charge is 0.490 e. The van der Waals surface area contributed by atoms with Crippen LogP contribution in [0.1, 0.15) is 26.2 Å². The number of guanidine groups is 1. The Kier molecular flexibility index (Phi) is 6.39. The molecule has 1 fully saturated rings. The molecule has 1 unspecified atom stereocenters. The minimum absolute atomic E-state index is 0.637. The van der Waals surface area contributed by atoms with Crippen LogP contribution in [0.25, 0.3) is 0 Å². The molecule has 1 aromatic carbocycles. The number of fused-ring (bicyclic) bond motifs is 1. The average Bonchev–Trinajstić information content (AvgIpc) is 2.85. The van der Waals surface area contributed by atoms with Gasteiger partial charge >= 0.3 is 0 Å². The lowest BCUT2D eigenvalue weighted by Crippen LogP contribution is -2.35. The van der Waals surface area contributed by atoms with Crippen molar-refractivity contribution in [2.45, 2.75) is 26.2 Å². The maximum Gasteiger partial charge on any atom is 0.195 e. The topological polar surface area (TPSA) is 58.1 Å². The van der Waals surface area contributed by atoms with Crippen molar-refractivity contribution < 1.29 is 9.47 Å². The van der Waals surface area contributed by atoms with Crippen LogP contribution in [0.2, 0.25) is 0 Å². The molecule has 0 amide bonds. The van der Waals surface area contributed by atoms with Crippen LogP contribution >= 0.6 is 0 Å². The number of benzene rings is 1. The predicted octanol–water partition coefficient (Wildman–Crippen LogP) is 2.57. The minimum atomic E-state index is 0.637. The van der Waals surface area contributed by atoms with Gasteiger partial charge in [0.1, 0.15) is 0 Å². The third-order valence-electron chi connectivity index (χ3n) is 4.58. The Morgan fingerprint density at radius 1 is 1.24 bits per heavy atom. The summed E-state index contributed by atoms with van der Waals surface area (Å²) < 4.78 is 11.5. The quantitative estimate of drug-likeness (QED) is 0.648. The molecule has 0 radical (unpaired) electrons. The maximum absolute atomic E-state index is 5.77. The summed E-state index contributed by atoms with van der Waals surface area (Å²) in [6, 6.07) is 5.96. The molecule has 25 heavy (non-hydrogen) atoms. The standard InChI is InChI=1S/C19H30N4O2/c1-3-20-19(21-13-15-6-4-9-23(2)14-15)22-16-7-8-17-18(12-16)25-11-5-10-24-17/h7-8,12,15H,3-6,9-11,13-14H2,1-2H3,(H2,20,21,22). The molecule has 2 heterocycles. The summed E-state index contributed by atoms with van der Waals surface area (Å²) in [5.41, 5.74) is 0.963. The van der Waals surface area contributed by atoms with Crippen LogP contribution in [0.5, 0.6) is 11.5 Å². The zero-order chi connectivity index (χ0) is 17.5. The van der Waals surface area contributed by atoms with E-state index in [-0.39, 0.29) is 0 Å². The van der Waals surface area contributed by atoms with E-state index in [9.17, 15) is 0 Å². The number of hydrogen-bond acceptors (Lipinski definition) is 4. The monoisotopic (exact) mass is 346 g/mol. The van der Waals surface area contributed by atoms with Gasteiger partial charge in [0.05, 0.1) is 13.2 Å². The Labute approximate surface area is 150 Å². The summed E-state index contributed by atoms with van der Waals surface area (Å²) in [6.45, 7) is 7.51. The second-order valence-electron chi connectivity index (χ2n) is 6.83. The molecule has 6 heteroatoms. The molecule has 1 aromatic rings. The highest BCUT2D eigenvalue weighted by molar-refractivity contribution is 5.93. The van der Waals surface area contributed by atoms with Gasteiger partial charge in [0.15, 0.2) is 17.5 Å². The van der Waals surface area contributed by atoms with Crippen LogP contribution in [0.15, 0.2) is 23.2 Å². The molecule has 0 aliphatic carbocycles. The summed E-state index contributed by atoms with van der Waals surface area (Å²) in [6.07, 6.45) is 3.44. The van der Waals surface area contributed by atoms with Crippen molar-refractivity contribution in [3.63, 3.8) is 0 Å². The molecule has 138 valence electrons. The van der Waals surface area contributed by atoms with Crippen molar-refractivity contribution >= 4 is 11.6 Å². The third kappa shape index (κ3) is 5.26. The van der Waals surface area contributed by atoms with Crippen LogP contribution in [-0.4, -0.2) is 57.3 Å². The smallest absolute Gasteiger partial charge is 0.195 e. The van der Waals surface area contributed by atoms with Crippen molar-refractivity contribution in [3.05, 3.63) is 18.2 Å². The van der Waals surface area contributed by atoms with E-state index in [4.69, 9.17) is 14.5 Å². The minimum Gasteiger partial charge on any atom is -0.490 e. The number of hydrogen-bond donors (Lipinski definition) is 2. The molecule has 2 aliphatic heterocycles. The highest BCUT2D eigenvalue weighted by Gasteiger charge is 2.17. The van der Waals surface area contributed by atoms with Gasteiger partial charge in [-0.1, -0.05) is 0 Å². The molecule has 0 spiro atoms. The maximum atomic E-state index is 5.77. The van der Waals surface area contributed by atoms with Crippen molar-refractivity contribution in [2.24, 2.45) is 10.9 Å². The first kappa shape index (κ1) is 17.9. The molecule has 0 saturated carbocycles. The van der Waals surface area contributed by atoms with Gasteiger partial charge in [-0.25, -0.2) is 0 Å². The molecule has 1 saturated heterocycles. The van der Waals surface area contributed by atoms with E-state index in [1.807, 2.05) is 18.2 Å². The van der Waals surface area contributed by atoms with Crippen LogP contribution in [-0.2, 0) is 0 Å². The second kappa shape index (κ2) is 8.94. The zero-order valence-corrected chi connectivity index (χ0v) is 15.4. The van der Waals surface area contributed by atoms with Gasteiger partial charge in [0, 0.05) is 37.8 Å². The lowest BCUT2D eigenvalue weighted by Gasteiger charge is -2.28. The molecule has 2 N–H and O–H groups in total. The fourth-order valence-electron chi connectivity index (χ4n) is 3.33. The molecule has 0 aromatic heterocycles. The van der Waals surface area contributed by atoms with Crippen LogP contribution in [0, 0.1) is 5.92 Å². The molecular weight excluding hydrogens is 316 g/mol. The molecular formula is C19H30N4O2. The lowest BCUT2D eigenvalue weighted by atomic mass is 9.99. The van der Waals surface area contributed by atoms with Crippen molar-refractivity contribution in [2.75, 3.05) is 51.8 Å². The second-order valence-corrected chi connectivity index (χ2v) is 6.83. The number of anilines is 1. The van der Waals surface area contributed by atoms with Gasteiger partial charge in [-0.3, -0.25) is 4.99 Å². The van der Waals surface area contributed by atoms with E-state index in [2.05, 4.69) is 29.5 Å². The Bertz CT molecular complexity index is 591. The van der Waals surface area contributed by atoms with Crippen molar-refractivity contribution in [3.8, 4) is 11.5 Å². The summed E-state index contributed by atoms with van der Waals surface area (Å²) in [4.78, 5) is 7.19. The van der Waals surface area contributed by atoms with Crippen LogP contribution in [0.3, 0.4) is 0 Å². The molecule has 3 rings (SSSR count). The highest BCUT2D eigenvalue weighted by atomic mass is 16.5. The van der Waals surface area contributed by atoms with E-state index in [1.54, 1.807) is 0 Å². The van der Waals surface area contributed by atoms with Crippen LogP contribution < -0.4 is 20.1 Å². The number of piperidine rings is 1. The molecule has 1 atom stereocenters.